The van der Waals surface area contributed by atoms with Gasteiger partial charge < -0.3 is 9.73 Å². The Balaban J connectivity index is 1.81. The molecule has 0 radical (unpaired) electrons. The molecule has 0 unspecified atom stereocenters. The highest BCUT2D eigenvalue weighted by molar-refractivity contribution is 5.01. The summed E-state index contributed by atoms with van der Waals surface area (Å²) >= 11 is 0. The smallest absolute Gasteiger partial charge is 0.117 e. The van der Waals surface area contributed by atoms with E-state index in [0.717, 1.165) is 24.5 Å². The summed E-state index contributed by atoms with van der Waals surface area (Å²) < 4.78 is 7.19. The molecule has 0 amide bonds. The third-order valence-electron chi connectivity index (χ3n) is 2.38. The van der Waals surface area contributed by atoms with Crippen LogP contribution in [0.25, 0.3) is 0 Å². The van der Waals surface area contributed by atoms with Crippen LogP contribution >= 0.6 is 0 Å². The van der Waals surface area contributed by atoms with Gasteiger partial charge in [0.15, 0.2) is 0 Å². The van der Waals surface area contributed by atoms with Crippen molar-refractivity contribution < 1.29 is 4.42 Å². The van der Waals surface area contributed by atoms with Crippen LogP contribution in [0.15, 0.2) is 35.1 Å². The van der Waals surface area contributed by atoms with Gasteiger partial charge >= 0.3 is 0 Å². The molecule has 0 spiro atoms. The summed E-state index contributed by atoms with van der Waals surface area (Å²) in [6.07, 6.45) is 3.69. The van der Waals surface area contributed by atoms with Crippen molar-refractivity contribution in [2.75, 3.05) is 0 Å². The Morgan fingerprint density at radius 1 is 1.38 bits per heavy atom. The third-order valence-corrected chi connectivity index (χ3v) is 2.38. The van der Waals surface area contributed by atoms with Gasteiger partial charge in [-0.25, -0.2) is 0 Å². The number of aromatic nitrogens is 2. The molecule has 0 aliphatic rings. The zero-order valence-electron chi connectivity index (χ0n) is 9.68. The predicted molar refractivity (Wildman–Crippen MR) is 61.9 cm³/mol. The zero-order chi connectivity index (χ0) is 11.4. The van der Waals surface area contributed by atoms with E-state index >= 15 is 0 Å². The summed E-state index contributed by atoms with van der Waals surface area (Å²) in [7, 11) is 0. The highest BCUT2D eigenvalue weighted by Crippen LogP contribution is 2.04. The topological polar surface area (TPSA) is 43.0 Å². The number of nitrogens with zero attached hydrogens (tertiary/aromatic N) is 2. The lowest BCUT2D eigenvalue weighted by Crippen LogP contribution is -2.13. The number of hydrogen-bond donors (Lipinski definition) is 1. The summed E-state index contributed by atoms with van der Waals surface area (Å²) in [5.41, 5.74) is 1.06. The van der Waals surface area contributed by atoms with E-state index in [0.29, 0.717) is 6.04 Å². The monoisotopic (exact) mass is 219 g/mol. The van der Waals surface area contributed by atoms with Crippen molar-refractivity contribution in [2.24, 2.45) is 0 Å². The number of rotatable bonds is 5. The van der Waals surface area contributed by atoms with Crippen molar-refractivity contribution in [3.63, 3.8) is 0 Å². The molecule has 0 aromatic carbocycles. The Bertz CT molecular complexity index is 417. The molecule has 2 rings (SSSR count). The van der Waals surface area contributed by atoms with Gasteiger partial charge in [0.1, 0.15) is 5.76 Å². The van der Waals surface area contributed by atoms with E-state index in [1.807, 2.05) is 29.1 Å². The largest absolute Gasteiger partial charge is 0.468 e. The maximum absolute atomic E-state index is 5.23. The summed E-state index contributed by atoms with van der Waals surface area (Å²) in [6, 6.07) is 6.30. The summed E-state index contributed by atoms with van der Waals surface area (Å²) in [5.74, 6) is 0.947. The van der Waals surface area contributed by atoms with Crippen LogP contribution in [0, 0.1) is 0 Å². The van der Waals surface area contributed by atoms with Crippen LogP contribution in [-0.2, 0) is 13.1 Å². The molecule has 4 nitrogen and oxygen atoms in total. The van der Waals surface area contributed by atoms with Crippen molar-refractivity contribution >= 4 is 0 Å². The zero-order valence-corrected chi connectivity index (χ0v) is 9.68. The molecule has 2 heterocycles. The number of nitrogens with one attached hydrogen (secondary N) is 1. The van der Waals surface area contributed by atoms with E-state index in [-0.39, 0.29) is 0 Å². The molecule has 4 heteroatoms. The van der Waals surface area contributed by atoms with E-state index in [1.165, 1.54) is 0 Å². The molecule has 0 bridgehead atoms. The fourth-order valence-corrected chi connectivity index (χ4v) is 1.49. The second-order valence-corrected chi connectivity index (χ2v) is 4.06. The Labute approximate surface area is 95.3 Å². The summed E-state index contributed by atoms with van der Waals surface area (Å²) in [4.78, 5) is 0. The molecule has 2 aromatic heterocycles. The van der Waals surface area contributed by atoms with Crippen LogP contribution in [0.4, 0.5) is 0 Å². The minimum Gasteiger partial charge on any atom is -0.468 e. The van der Waals surface area contributed by atoms with Crippen molar-refractivity contribution in [3.8, 4) is 0 Å². The average molecular weight is 219 g/mol. The summed E-state index contributed by atoms with van der Waals surface area (Å²) in [5, 5.41) is 7.74. The average Bonchev–Trinajstić information content (AvgIpc) is 2.87. The van der Waals surface area contributed by atoms with E-state index in [2.05, 4.69) is 24.3 Å². The second kappa shape index (κ2) is 4.99. The minimum absolute atomic E-state index is 0.416. The first-order valence-corrected chi connectivity index (χ1v) is 5.53. The fourth-order valence-electron chi connectivity index (χ4n) is 1.49. The Kier molecular flexibility index (Phi) is 3.41. The third kappa shape index (κ3) is 2.73. The molecule has 0 aliphatic heterocycles. The van der Waals surface area contributed by atoms with Gasteiger partial charge in [-0.2, -0.15) is 5.10 Å². The lowest BCUT2D eigenvalue weighted by molar-refractivity contribution is 0.478. The van der Waals surface area contributed by atoms with Crippen LogP contribution < -0.4 is 5.32 Å². The Morgan fingerprint density at radius 2 is 2.25 bits per heavy atom. The molecular formula is C12H17N3O. The van der Waals surface area contributed by atoms with Gasteiger partial charge in [0.05, 0.1) is 18.5 Å². The van der Waals surface area contributed by atoms with Gasteiger partial charge in [-0.1, -0.05) is 0 Å². The van der Waals surface area contributed by atoms with Crippen LogP contribution in [0.5, 0.6) is 0 Å². The van der Waals surface area contributed by atoms with Gasteiger partial charge in [0.25, 0.3) is 0 Å². The van der Waals surface area contributed by atoms with E-state index in [1.54, 1.807) is 6.26 Å². The Hall–Kier alpha value is -1.55. The van der Waals surface area contributed by atoms with Crippen molar-refractivity contribution in [3.05, 3.63) is 42.1 Å². The maximum atomic E-state index is 5.23. The van der Waals surface area contributed by atoms with Crippen LogP contribution in [-0.4, -0.2) is 9.78 Å². The minimum atomic E-state index is 0.416. The van der Waals surface area contributed by atoms with Gasteiger partial charge in [-0.15, -0.1) is 0 Å². The van der Waals surface area contributed by atoms with E-state index < -0.39 is 0 Å². The molecular weight excluding hydrogens is 202 g/mol. The molecule has 0 aliphatic carbocycles. The molecule has 2 aromatic rings. The van der Waals surface area contributed by atoms with Crippen molar-refractivity contribution in [1.29, 1.82) is 0 Å². The number of furan rings is 1. The predicted octanol–water partition coefficient (Wildman–Crippen LogP) is 2.35. The molecule has 0 saturated carbocycles. The fraction of sp³-hybridized carbons (Fsp3) is 0.417. The van der Waals surface area contributed by atoms with Gasteiger partial charge in [-0.3, -0.25) is 4.68 Å². The molecule has 16 heavy (non-hydrogen) atoms. The number of hydrogen-bond acceptors (Lipinski definition) is 3. The van der Waals surface area contributed by atoms with Crippen LogP contribution in [0.1, 0.15) is 31.3 Å². The van der Waals surface area contributed by atoms with Crippen molar-refractivity contribution in [1.82, 2.24) is 15.1 Å². The van der Waals surface area contributed by atoms with Gasteiger partial charge in [0, 0.05) is 18.8 Å². The molecule has 86 valence electrons. The molecule has 0 atom stereocenters. The highest BCUT2D eigenvalue weighted by Gasteiger charge is 2.01. The molecule has 0 fully saturated rings. The maximum Gasteiger partial charge on any atom is 0.117 e. The molecule has 1 N–H and O–H groups in total. The first-order chi connectivity index (χ1) is 7.75. The quantitative estimate of drug-likeness (QED) is 0.839. The van der Waals surface area contributed by atoms with Crippen LogP contribution in [0.3, 0.4) is 0 Å². The Morgan fingerprint density at radius 3 is 2.88 bits per heavy atom. The molecule has 0 saturated heterocycles. The van der Waals surface area contributed by atoms with Crippen LogP contribution in [0.2, 0.25) is 0 Å². The lowest BCUT2D eigenvalue weighted by Gasteiger charge is -2.04. The SMILES string of the molecule is CC(C)n1ccc(CNCc2ccco2)n1. The van der Waals surface area contributed by atoms with Gasteiger partial charge in [-0.05, 0) is 32.0 Å². The standard InChI is InChI=1S/C12H17N3O/c1-10(2)15-6-5-11(14-15)8-13-9-12-4-3-7-16-12/h3-7,10,13H,8-9H2,1-2H3. The lowest BCUT2D eigenvalue weighted by atomic mass is 10.4. The van der Waals surface area contributed by atoms with Crippen molar-refractivity contribution in [2.45, 2.75) is 33.0 Å². The van der Waals surface area contributed by atoms with E-state index in [9.17, 15) is 0 Å². The first kappa shape index (κ1) is 11.0. The highest BCUT2D eigenvalue weighted by atomic mass is 16.3. The summed E-state index contributed by atoms with van der Waals surface area (Å²) in [6.45, 7) is 5.74. The van der Waals surface area contributed by atoms with Gasteiger partial charge in [0.2, 0.25) is 0 Å². The van der Waals surface area contributed by atoms with E-state index in [4.69, 9.17) is 4.42 Å². The second-order valence-electron chi connectivity index (χ2n) is 4.06. The first-order valence-electron chi connectivity index (χ1n) is 5.53. The normalized spacial score (nSPS) is 11.2.